The molecule has 0 aliphatic heterocycles. The highest BCUT2D eigenvalue weighted by molar-refractivity contribution is 6.31. The van der Waals surface area contributed by atoms with Crippen LogP contribution in [0.25, 0.3) is 0 Å². The van der Waals surface area contributed by atoms with Crippen LogP contribution < -0.4 is 5.32 Å². The van der Waals surface area contributed by atoms with Gasteiger partial charge in [0.2, 0.25) is 0 Å². The molecule has 0 spiro atoms. The molecule has 0 radical (unpaired) electrons. The van der Waals surface area contributed by atoms with Crippen molar-refractivity contribution >= 4 is 23.5 Å². The number of esters is 1. The molecule has 4 nitrogen and oxygen atoms in total. The Labute approximate surface area is 139 Å². The van der Waals surface area contributed by atoms with Crippen LogP contribution >= 0.6 is 11.6 Å². The molecule has 1 amide bonds. The van der Waals surface area contributed by atoms with Gasteiger partial charge in [0.25, 0.3) is 5.91 Å². The molecule has 2 aromatic carbocycles. The van der Waals surface area contributed by atoms with Gasteiger partial charge >= 0.3 is 5.97 Å². The van der Waals surface area contributed by atoms with Gasteiger partial charge in [0.15, 0.2) is 0 Å². The van der Waals surface area contributed by atoms with E-state index in [-0.39, 0.29) is 12.5 Å². The van der Waals surface area contributed by atoms with Gasteiger partial charge in [-0.1, -0.05) is 35.6 Å². The molecule has 116 valence electrons. The summed E-state index contributed by atoms with van der Waals surface area (Å²) in [6.07, 6.45) is 0. The Morgan fingerprint density at radius 3 is 2.39 bits per heavy atom. The highest BCUT2D eigenvalue weighted by Gasteiger charge is 2.07. The molecule has 23 heavy (non-hydrogen) atoms. The van der Waals surface area contributed by atoms with Crippen molar-refractivity contribution < 1.29 is 14.3 Å². The summed E-state index contributed by atoms with van der Waals surface area (Å²) < 4.78 is 4.60. The fraction of sp³-hybridized carbons (Fsp3) is 0.111. The number of halogens is 1. The Hall–Kier alpha value is -2.77. The fourth-order valence-electron chi connectivity index (χ4n) is 1.80. The van der Waals surface area contributed by atoms with Crippen molar-refractivity contribution in [3.63, 3.8) is 0 Å². The van der Waals surface area contributed by atoms with Crippen molar-refractivity contribution in [2.75, 3.05) is 13.7 Å². The van der Waals surface area contributed by atoms with E-state index >= 15 is 0 Å². The van der Waals surface area contributed by atoms with E-state index in [1.807, 2.05) is 18.2 Å². The van der Waals surface area contributed by atoms with Crippen LogP contribution in [0.2, 0.25) is 5.02 Å². The Kier molecular flexibility index (Phi) is 5.79. The zero-order valence-electron chi connectivity index (χ0n) is 12.4. The highest BCUT2D eigenvalue weighted by atomic mass is 35.5. The summed E-state index contributed by atoms with van der Waals surface area (Å²) in [5.41, 5.74) is 1.55. The van der Waals surface area contributed by atoms with Gasteiger partial charge in [0.1, 0.15) is 0 Å². The number of hydrogen-bond acceptors (Lipinski definition) is 3. The number of methoxy groups -OCH3 is 1. The summed E-state index contributed by atoms with van der Waals surface area (Å²) in [7, 11) is 1.31. The van der Waals surface area contributed by atoms with E-state index in [0.717, 1.165) is 0 Å². The van der Waals surface area contributed by atoms with Crippen molar-refractivity contribution in [3.05, 3.63) is 70.2 Å². The average Bonchev–Trinajstić information content (AvgIpc) is 2.59. The third kappa shape index (κ3) is 4.60. The molecule has 0 saturated heterocycles. The lowest BCUT2D eigenvalue weighted by Gasteiger charge is -2.03. The number of ether oxygens (including phenoxy) is 1. The molecule has 0 atom stereocenters. The minimum absolute atomic E-state index is 0.197. The first kappa shape index (κ1) is 16.6. The monoisotopic (exact) mass is 327 g/mol. The van der Waals surface area contributed by atoms with Gasteiger partial charge in [-0.15, -0.1) is 0 Å². The van der Waals surface area contributed by atoms with Crippen LogP contribution in [0.15, 0.2) is 48.5 Å². The minimum Gasteiger partial charge on any atom is -0.465 e. The van der Waals surface area contributed by atoms with E-state index in [1.165, 1.54) is 19.2 Å². The first-order valence-electron chi connectivity index (χ1n) is 6.82. The fourth-order valence-corrected chi connectivity index (χ4v) is 1.99. The van der Waals surface area contributed by atoms with E-state index in [9.17, 15) is 9.59 Å². The zero-order valence-corrected chi connectivity index (χ0v) is 13.2. The van der Waals surface area contributed by atoms with Crippen LogP contribution in [0.3, 0.4) is 0 Å². The molecule has 0 bridgehead atoms. The summed E-state index contributed by atoms with van der Waals surface area (Å²) in [6, 6.07) is 13.4. The standard InChI is InChI=1S/C18H14ClNO3/c1-23-18(22)15-10-8-14(9-11-15)17(21)20-12-4-6-13-5-2-3-7-16(13)19/h2-3,5,7-11H,12H2,1H3,(H,20,21). The van der Waals surface area contributed by atoms with E-state index < -0.39 is 5.97 Å². The topological polar surface area (TPSA) is 55.4 Å². The second-order valence-electron chi connectivity index (χ2n) is 4.53. The van der Waals surface area contributed by atoms with Crippen molar-refractivity contribution in [1.29, 1.82) is 0 Å². The van der Waals surface area contributed by atoms with Gasteiger partial charge in [-0.3, -0.25) is 4.79 Å². The molecule has 0 unspecified atom stereocenters. The Morgan fingerprint density at radius 2 is 1.74 bits per heavy atom. The largest absolute Gasteiger partial charge is 0.465 e. The average molecular weight is 328 g/mol. The van der Waals surface area contributed by atoms with Crippen LogP contribution in [0.1, 0.15) is 26.3 Å². The lowest BCUT2D eigenvalue weighted by Crippen LogP contribution is -2.23. The minimum atomic E-state index is -0.442. The maximum absolute atomic E-state index is 12.0. The zero-order chi connectivity index (χ0) is 16.7. The van der Waals surface area contributed by atoms with Crippen LogP contribution in [0.5, 0.6) is 0 Å². The summed E-state index contributed by atoms with van der Waals surface area (Å²) >= 11 is 5.99. The second-order valence-corrected chi connectivity index (χ2v) is 4.94. The molecule has 2 rings (SSSR count). The highest BCUT2D eigenvalue weighted by Crippen LogP contribution is 2.12. The second kappa shape index (κ2) is 8.02. The SMILES string of the molecule is COC(=O)c1ccc(C(=O)NCC#Cc2ccccc2Cl)cc1. The number of benzene rings is 2. The van der Waals surface area contributed by atoms with Gasteiger partial charge in [-0.2, -0.15) is 0 Å². The molecular weight excluding hydrogens is 314 g/mol. The molecule has 0 aliphatic carbocycles. The molecule has 0 saturated carbocycles. The number of rotatable bonds is 3. The summed E-state index contributed by atoms with van der Waals surface area (Å²) in [6.45, 7) is 0.197. The first-order valence-corrected chi connectivity index (χ1v) is 7.19. The Balaban J connectivity index is 1.93. The van der Waals surface area contributed by atoms with Crippen LogP contribution in [-0.4, -0.2) is 25.5 Å². The summed E-state index contributed by atoms with van der Waals surface area (Å²) in [4.78, 5) is 23.3. The quantitative estimate of drug-likeness (QED) is 0.696. The van der Waals surface area contributed by atoms with Gasteiger partial charge in [-0.25, -0.2) is 4.79 Å². The van der Waals surface area contributed by atoms with Crippen molar-refractivity contribution in [2.45, 2.75) is 0 Å². The van der Waals surface area contributed by atoms with E-state index in [0.29, 0.717) is 21.7 Å². The third-order valence-electron chi connectivity index (χ3n) is 3.00. The van der Waals surface area contributed by atoms with E-state index in [2.05, 4.69) is 21.9 Å². The lowest BCUT2D eigenvalue weighted by atomic mass is 10.1. The first-order chi connectivity index (χ1) is 11.1. The Bertz CT molecular complexity index is 773. The molecule has 0 aromatic heterocycles. The van der Waals surface area contributed by atoms with Crippen molar-refractivity contribution in [1.82, 2.24) is 5.32 Å². The summed E-state index contributed by atoms with van der Waals surface area (Å²) in [5, 5.41) is 3.25. The van der Waals surface area contributed by atoms with E-state index in [1.54, 1.807) is 18.2 Å². The van der Waals surface area contributed by atoms with Crippen molar-refractivity contribution in [3.8, 4) is 11.8 Å². The summed E-state index contributed by atoms with van der Waals surface area (Å²) in [5.74, 6) is 5.02. The van der Waals surface area contributed by atoms with Gasteiger partial charge in [-0.05, 0) is 36.4 Å². The molecule has 2 aromatic rings. The molecule has 0 aliphatic rings. The van der Waals surface area contributed by atoms with Gasteiger partial charge < -0.3 is 10.1 Å². The maximum Gasteiger partial charge on any atom is 0.337 e. The molecule has 1 N–H and O–H groups in total. The molecule has 0 heterocycles. The number of nitrogens with one attached hydrogen (secondary N) is 1. The number of carbonyl (C=O) groups excluding carboxylic acids is 2. The predicted octanol–water partition coefficient (Wildman–Crippen LogP) is 2.91. The van der Waals surface area contributed by atoms with Crippen LogP contribution in [-0.2, 0) is 4.74 Å². The van der Waals surface area contributed by atoms with Crippen LogP contribution in [0.4, 0.5) is 0 Å². The lowest BCUT2D eigenvalue weighted by molar-refractivity contribution is 0.0600. The Morgan fingerprint density at radius 1 is 1.09 bits per heavy atom. The van der Waals surface area contributed by atoms with Gasteiger partial charge in [0.05, 0.1) is 24.2 Å². The normalized spacial score (nSPS) is 9.48. The number of carbonyl (C=O) groups is 2. The van der Waals surface area contributed by atoms with Gasteiger partial charge in [0, 0.05) is 11.1 Å². The number of amides is 1. The molecular formula is C18H14ClNO3. The third-order valence-corrected chi connectivity index (χ3v) is 3.33. The molecule has 0 fully saturated rings. The molecule has 5 heteroatoms. The van der Waals surface area contributed by atoms with Crippen molar-refractivity contribution in [2.24, 2.45) is 0 Å². The van der Waals surface area contributed by atoms with E-state index in [4.69, 9.17) is 11.6 Å². The van der Waals surface area contributed by atoms with Crippen LogP contribution in [0, 0.1) is 11.8 Å². The smallest absolute Gasteiger partial charge is 0.337 e. The maximum atomic E-state index is 12.0. The predicted molar refractivity (Wildman–Crippen MR) is 88.4 cm³/mol. The number of hydrogen-bond donors (Lipinski definition) is 1.